The van der Waals surface area contributed by atoms with Crippen LogP contribution in [-0.4, -0.2) is 11.0 Å². The lowest BCUT2D eigenvalue weighted by Crippen LogP contribution is -2.21. The average molecular weight is 294 g/mol. The van der Waals surface area contributed by atoms with Gasteiger partial charge in [0, 0.05) is 6.04 Å². The van der Waals surface area contributed by atoms with E-state index in [1.165, 1.54) is 17.8 Å². The van der Waals surface area contributed by atoms with Crippen molar-refractivity contribution < 1.29 is 8.81 Å². The molecule has 20 heavy (non-hydrogen) atoms. The molecule has 0 aliphatic carbocycles. The number of halogens is 1. The van der Waals surface area contributed by atoms with E-state index in [-0.39, 0.29) is 11.9 Å². The minimum Gasteiger partial charge on any atom is -0.436 e. The molecule has 2 rings (SSSR count). The van der Waals surface area contributed by atoms with Crippen LogP contribution in [0.2, 0.25) is 0 Å². The number of nitrogens with two attached hydrogens (primary N) is 1. The van der Waals surface area contributed by atoms with Gasteiger partial charge in [-0.05, 0) is 50.1 Å². The van der Waals surface area contributed by atoms with Gasteiger partial charge in [0.05, 0.1) is 10.6 Å². The number of rotatable bonds is 5. The molecule has 1 aromatic carbocycles. The van der Waals surface area contributed by atoms with Crippen molar-refractivity contribution in [2.45, 2.75) is 49.8 Å². The fourth-order valence-electron chi connectivity index (χ4n) is 1.83. The zero-order chi connectivity index (χ0) is 14.7. The maximum absolute atomic E-state index is 14.1. The first-order chi connectivity index (χ1) is 9.51. The fraction of sp³-hybridized carbons (Fsp3) is 0.400. The molecule has 5 heteroatoms. The fourth-order valence-corrected chi connectivity index (χ4v) is 2.80. The maximum atomic E-state index is 14.1. The van der Waals surface area contributed by atoms with Gasteiger partial charge in [-0.25, -0.2) is 9.37 Å². The van der Waals surface area contributed by atoms with Crippen LogP contribution in [0.4, 0.5) is 4.39 Å². The third-order valence-corrected chi connectivity index (χ3v) is 4.26. The molecular weight excluding hydrogens is 275 g/mol. The Balaban J connectivity index is 2.29. The molecule has 0 spiro atoms. The van der Waals surface area contributed by atoms with Crippen LogP contribution in [0, 0.1) is 19.7 Å². The summed E-state index contributed by atoms with van der Waals surface area (Å²) in [6.07, 6.45) is 1.51. The number of nitrogens with zero attached hydrogens (tertiary/aromatic N) is 1. The Morgan fingerprint density at radius 2 is 2.15 bits per heavy atom. The predicted octanol–water partition coefficient (Wildman–Crippen LogP) is 3.86. The molecule has 0 bridgehead atoms. The summed E-state index contributed by atoms with van der Waals surface area (Å²) in [5.74, 6) is 0.500. The van der Waals surface area contributed by atoms with Crippen LogP contribution in [0.3, 0.4) is 0 Å². The van der Waals surface area contributed by atoms with Crippen LogP contribution in [0.1, 0.15) is 30.4 Å². The standard InChI is InChI=1S/C15H19FN2OS/c1-4-12(17)8-11-6-5-7-13(16)14(11)20-15-18-9(2)10(3)19-15/h5-7,12H,4,8,17H2,1-3H3. The Labute approximate surface area is 122 Å². The lowest BCUT2D eigenvalue weighted by Gasteiger charge is -2.12. The van der Waals surface area contributed by atoms with Crippen LogP contribution in [0.25, 0.3) is 0 Å². The molecule has 1 atom stereocenters. The quantitative estimate of drug-likeness (QED) is 0.909. The van der Waals surface area contributed by atoms with Gasteiger partial charge in [0.1, 0.15) is 11.6 Å². The molecular formula is C15H19FN2OS. The van der Waals surface area contributed by atoms with Gasteiger partial charge >= 0.3 is 0 Å². The average Bonchev–Trinajstić information content (AvgIpc) is 2.72. The first-order valence-corrected chi connectivity index (χ1v) is 7.47. The largest absolute Gasteiger partial charge is 0.436 e. The van der Waals surface area contributed by atoms with Gasteiger partial charge in [-0.3, -0.25) is 0 Å². The van der Waals surface area contributed by atoms with Crippen molar-refractivity contribution in [3.63, 3.8) is 0 Å². The zero-order valence-corrected chi connectivity index (χ0v) is 12.8. The van der Waals surface area contributed by atoms with E-state index in [4.69, 9.17) is 10.2 Å². The first-order valence-electron chi connectivity index (χ1n) is 6.66. The number of aryl methyl sites for hydroxylation is 2. The summed E-state index contributed by atoms with van der Waals surface area (Å²) in [6.45, 7) is 5.75. The van der Waals surface area contributed by atoms with Gasteiger partial charge < -0.3 is 10.2 Å². The van der Waals surface area contributed by atoms with E-state index < -0.39 is 0 Å². The number of aromatic nitrogens is 1. The van der Waals surface area contributed by atoms with E-state index in [1.54, 1.807) is 6.07 Å². The van der Waals surface area contributed by atoms with Crippen molar-refractivity contribution >= 4 is 11.8 Å². The molecule has 2 N–H and O–H groups in total. The molecule has 1 heterocycles. The highest BCUT2D eigenvalue weighted by Crippen LogP contribution is 2.33. The molecule has 0 aliphatic rings. The molecule has 0 aliphatic heterocycles. The third kappa shape index (κ3) is 3.41. The van der Waals surface area contributed by atoms with E-state index in [0.717, 1.165) is 23.4 Å². The molecule has 1 unspecified atom stereocenters. The van der Waals surface area contributed by atoms with Crippen molar-refractivity contribution in [2.24, 2.45) is 5.73 Å². The Morgan fingerprint density at radius 1 is 1.40 bits per heavy atom. The Morgan fingerprint density at radius 3 is 2.75 bits per heavy atom. The van der Waals surface area contributed by atoms with E-state index in [2.05, 4.69) is 4.98 Å². The Hall–Kier alpha value is -1.33. The normalized spacial score (nSPS) is 12.7. The second-order valence-electron chi connectivity index (χ2n) is 4.82. The summed E-state index contributed by atoms with van der Waals surface area (Å²) in [7, 11) is 0. The summed E-state index contributed by atoms with van der Waals surface area (Å²) in [5.41, 5.74) is 7.70. The van der Waals surface area contributed by atoms with E-state index >= 15 is 0 Å². The first kappa shape index (κ1) is 15.1. The summed E-state index contributed by atoms with van der Waals surface area (Å²) in [5, 5.41) is 0.469. The molecule has 0 saturated carbocycles. The molecule has 0 amide bonds. The van der Waals surface area contributed by atoms with Crippen LogP contribution < -0.4 is 5.73 Å². The highest BCUT2D eigenvalue weighted by atomic mass is 32.2. The summed E-state index contributed by atoms with van der Waals surface area (Å²) >= 11 is 1.22. The summed E-state index contributed by atoms with van der Waals surface area (Å²) in [6, 6.07) is 5.10. The van der Waals surface area contributed by atoms with Crippen LogP contribution in [0.15, 0.2) is 32.7 Å². The van der Waals surface area contributed by atoms with Gasteiger partial charge in [0.25, 0.3) is 5.22 Å². The Bertz CT molecular complexity index is 578. The van der Waals surface area contributed by atoms with Crippen LogP contribution in [-0.2, 0) is 6.42 Å². The molecule has 0 saturated heterocycles. The van der Waals surface area contributed by atoms with Crippen molar-refractivity contribution in [3.8, 4) is 0 Å². The molecule has 0 fully saturated rings. The van der Waals surface area contributed by atoms with Crippen LogP contribution in [0.5, 0.6) is 0 Å². The second-order valence-corrected chi connectivity index (χ2v) is 5.79. The monoisotopic (exact) mass is 294 g/mol. The maximum Gasteiger partial charge on any atom is 0.261 e. The Kier molecular flexibility index (Phi) is 4.83. The zero-order valence-electron chi connectivity index (χ0n) is 11.9. The van der Waals surface area contributed by atoms with Crippen molar-refractivity contribution in [1.29, 1.82) is 0 Å². The SMILES string of the molecule is CCC(N)Cc1cccc(F)c1Sc1nc(C)c(C)o1. The van der Waals surface area contributed by atoms with Gasteiger partial charge in [0.2, 0.25) is 0 Å². The highest BCUT2D eigenvalue weighted by molar-refractivity contribution is 7.99. The molecule has 2 aromatic rings. The van der Waals surface area contributed by atoms with Crippen molar-refractivity contribution in [1.82, 2.24) is 4.98 Å². The van der Waals surface area contributed by atoms with Crippen molar-refractivity contribution in [2.75, 3.05) is 0 Å². The third-order valence-electron chi connectivity index (χ3n) is 3.25. The van der Waals surface area contributed by atoms with Gasteiger partial charge in [-0.2, -0.15) is 0 Å². The highest BCUT2D eigenvalue weighted by Gasteiger charge is 2.16. The molecule has 1 aromatic heterocycles. The number of hydrogen-bond acceptors (Lipinski definition) is 4. The van der Waals surface area contributed by atoms with Gasteiger partial charge in [0.15, 0.2) is 0 Å². The van der Waals surface area contributed by atoms with Crippen molar-refractivity contribution in [3.05, 3.63) is 41.0 Å². The number of oxazole rings is 1. The van der Waals surface area contributed by atoms with Gasteiger partial charge in [-0.1, -0.05) is 19.1 Å². The smallest absolute Gasteiger partial charge is 0.261 e. The van der Waals surface area contributed by atoms with E-state index in [9.17, 15) is 4.39 Å². The summed E-state index contributed by atoms with van der Waals surface area (Å²) in [4.78, 5) is 4.84. The second kappa shape index (κ2) is 6.41. The number of hydrogen-bond donors (Lipinski definition) is 1. The molecule has 108 valence electrons. The topological polar surface area (TPSA) is 52.0 Å². The lowest BCUT2D eigenvalue weighted by atomic mass is 10.0. The van der Waals surface area contributed by atoms with E-state index in [1.807, 2.05) is 26.8 Å². The summed E-state index contributed by atoms with van der Waals surface area (Å²) < 4.78 is 19.6. The minimum absolute atomic E-state index is 0.0317. The molecule has 3 nitrogen and oxygen atoms in total. The van der Waals surface area contributed by atoms with E-state index in [0.29, 0.717) is 16.5 Å². The minimum atomic E-state index is -0.260. The van der Waals surface area contributed by atoms with Crippen LogP contribution >= 0.6 is 11.8 Å². The predicted molar refractivity (Wildman–Crippen MR) is 78.5 cm³/mol. The number of benzene rings is 1. The lowest BCUT2D eigenvalue weighted by molar-refractivity contribution is 0.430. The molecule has 0 radical (unpaired) electrons. The van der Waals surface area contributed by atoms with Gasteiger partial charge in [-0.15, -0.1) is 0 Å².